The van der Waals surface area contributed by atoms with Crippen LogP contribution in [0, 0.1) is 0 Å². The van der Waals surface area contributed by atoms with Gasteiger partial charge in [0.25, 0.3) is 0 Å². The molecule has 2 N–H and O–H groups in total. The molecule has 1 heterocycles. The monoisotopic (exact) mass is 438 g/mol. The summed E-state index contributed by atoms with van der Waals surface area (Å²) in [5.41, 5.74) is 7.02. The second-order valence-corrected chi connectivity index (χ2v) is 8.73. The van der Waals surface area contributed by atoms with E-state index in [1.165, 1.54) is 15.6 Å². The molecule has 0 spiro atoms. The molecule has 0 aliphatic heterocycles. The van der Waals surface area contributed by atoms with Crippen LogP contribution in [-0.2, 0) is 16.6 Å². The molecule has 0 amide bonds. The van der Waals surface area contributed by atoms with Gasteiger partial charge in [-0.2, -0.15) is 15.6 Å². The van der Waals surface area contributed by atoms with Crippen LogP contribution in [0.2, 0.25) is 0 Å². The van der Waals surface area contributed by atoms with Crippen molar-refractivity contribution in [1.82, 2.24) is 4.31 Å². The molecule has 1 aromatic heterocycles. The molecule has 0 aliphatic rings. The van der Waals surface area contributed by atoms with Crippen molar-refractivity contribution in [3.05, 3.63) is 43.5 Å². The first-order valence-electron chi connectivity index (χ1n) is 5.54. The highest BCUT2D eigenvalue weighted by Crippen LogP contribution is 2.33. The summed E-state index contributed by atoms with van der Waals surface area (Å²) in [5.74, 6) is 0. The number of anilines is 1. The van der Waals surface area contributed by atoms with Gasteiger partial charge in [-0.15, -0.1) is 0 Å². The molecule has 0 fully saturated rings. The standard InChI is InChI=1S/C12H12Br2N2O2S2/c1-16(6-8-2-3-19-7-8)20(17,18)12-10(14)4-9(13)5-11(12)15/h2-5,7H,6,15H2,1H3. The third kappa shape index (κ3) is 3.25. The van der Waals surface area contributed by atoms with Gasteiger partial charge < -0.3 is 5.73 Å². The van der Waals surface area contributed by atoms with Gasteiger partial charge in [0.1, 0.15) is 4.90 Å². The van der Waals surface area contributed by atoms with E-state index in [0.717, 1.165) is 10.0 Å². The molecule has 0 saturated carbocycles. The Balaban J connectivity index is 2.40. The number of hydrogen-bond donors (Lipinski definition) is 1. The predicted molar refractivity (Wildman–Crippen MR) is 89.2 cm³/mol. The molecule has 2 aromatic rings. The summed E-state index contributed by atoms with van der Waals surface area (Å²) >= 11 is 8.08. The van der Waals surface area contributed by atoms with Gasteiger partial charge in [-0.3, -0.25) is 0 Å². The number of hydrogen-bond acceptors (Lipinski definition) is 4. The smallest absolute Gasteiger partial charge is 0.246 e. The number of halogens is 2. The topological polar surface area (TPSA) is 63.4 Å². The molecule has 0 unspecified atom stereocenters. The Morgan fingerprint density at radius 3 is 2.60 bits per heavy atom. The van der Waals surface area contributed by atoms with Gasteiger partial charge in [-0.25, -0.2) is 8.42 Å². The maximum absolute atomic E-state index is 12.6. The van der Waals surface area contributed by atoms with Crippen LogP contribution >= 0.6 is 43.2 Å². The molecule has 20 heavy (non-hydrogen) atoms. The van der Waals surface area contributed by atoms with Crippen LogP contribution in [0.25, 0.3) is 0 Å². The van der Waals surface area contributed by atoms with E-state index in [0.29, 0.717) is 11.0 Å². The second-order valence-electron chi connectivity index (χ2n) is 4.20. The number of benzene rings is 1. The van der Waals surface area contributed by atoms with Crippen molar-refractivity contribution in [2.45, 2.75) is 11.4 Å². The minimum Gasteiger partial charge on any atom is -0.398 e. The van der Waals surface area contributed by atoms with E-state index >= 15 is 0 Å². The van der Waals surface area contributed by atoms with Crippen LogP contribution in [-0.4, -0.2) is 19.8 Å². The molecule has 0 bridgehead atoms. The van der Waals surface area contributed by atoms with E-state index in [4.69, 9.17) is 5.73 Å². The fourth-order valence-corrected chi connectivity index (χ4v) is 5.56. The Kier molecular flexibility index (Phi) is 4.91. The van der Waals surface area contributed by atoms with E-state index in [9.17, 15) is 8.42 Å². The first-order valence-corrected chi connectivity index (χ1v) is 9.51. The van der Waals surface area contributed by atoms with Crippen LogP contribution < -0.4 is 5.73 Å². The zero-order valence-electron chi connectivity index (χ0n) is 10.5. The molecule has 0 saturated heterocycles. The van der Waals surface area contributed by atoms with Crippen molar-refractivity contribution in [2.75, 3.05) is 12.8 Å². The fourth-order valence-electron chi connectivity index (χ4n) is 1.73. The normalized spacial score (nSPS) is 12.0. The molecule has 0 radical (unpaired) electrons. The first-order chi connectivity index (χ1) is 9.32. The number of nitrogens with two attached hydrogens (primary N) is 1. The minimum atomic E-state index is -3.65. The maximum atomic E-state index is 12.6. The average molecular weight is 440 g/mol. The lowest BCUT2D eigenvalue weighted by atomic mass is 10.3. The summed E-state index contributed by atoms with van der Waals surface area (Å²) < 4.78 is 27.7. The summed E-state index contributed by atoms with van der Waals surface area (Å²) in [4.78, 5) is 0.0958. The van der Waals surface area contributed by atoms with Gasteiger partial charge in [-0.05, 0) is 50.5 Å². The van der Waals surface area contributed by atoms with E-state index in [2.05, 4.69) is 31.9 Å². The zero-order chi connectivity index (χ0) is 14.9. The fraction of sp³-hybridized carbons (Fsp3) is 0.167. The lowest BCUT2D eigenvalue weighted by molar-refractivity contribution is 0.467. The summed E-state index contributed by atoms with van der Waals surface area (Å²) in [6, 6.07) is 5.15. The number of rotatable bonds is 4. The predicted octanol–water partition coefficient (Wildman–Crippen LogP) is 3.68. The summed E-state index contributed by atoms with van der Waals surface area (Å²) in [6.07, 6.45) is 0. The number of nitrogens with zero attached hydrogens (tertiary/aromatic N) is 1. The van der Waals surface area contributed by atoms with E-state index in [-0.39, 0.29) is 10.6 Å². The average Bonchev–Trinajstić information content (AvgIpc) is 2.79. The molecule has 1 aromatic carbocycles. The van der Waals surface area contributed by atoms with Gasteiger partial charge in [0, 0.05) is 22.5 Å². The van der Waals surface area contributed by atoms with Crippen molar-refractivity contribution >= 4 is 58.9 Å². The Bertz CT molecular complexity index is 692. The SMILES string of the molecule is CN(Cc1ccsc1)S(=O)(=O)c1c(N)cc(Br)cc1Br. The highest BCUT2D eigenvalue weighted by Gasteiger charge is 2.26. The largest absolute Gasteiger partial charge is 0.398 e. The van der Waals surface area contributed by atoms with Crippen LogP contribution in [0.4, 0.5) is 5.69 Å². The third-order valence-corrected chi connectivity index (χ3v) is 6.69. The molecule has 4 nitrogen and oxygen atoms in total. The molecule has 108 valence electrons. The van der Waals surface area contributed by atoms with Gasteiger partial charge in [0.15, 0.2) is 0 Å². The van der Waals surface area contributed by atoms with Gasteiger partial charge in [0.05, 0.1) is 5.69 Å². The van der Waals surface area contributed by atoms with Crippen molar-refractivity contribution < 1.29 is 8.42 Å². The van der Waals surface area contributed by atoms with Crippen molar-refractivity contribution in [3.8, 4) is 0 Å². The van der Waals surface area contributed by atoms with Crippen LogP contribution in [0.5, 0.6) is 0 Å². The number of nitrogen functional groups attached to an aromatic ring is 1. The molecular weight excluding hydrogens is 428 g/mol. The molecule has 2 rings (SSSR count). The Labute approximate surface area is 138 Å². The maximum Gasteiger partial charge on any atom is 0.246 e. The molecule has 8 heteroatoms. The summed E-state index contributed by atoms with van der Waals surface area (Å²) in [7, 11) is -2.11. The lowest BCUT2D eigenvalue weighted by Crippen LogP contribution is -2.27. The first kappa shape index (κ1) is 16.0. The van der Waals surface area contributed by atoms with Gasteiger partial charge >= 0.3 is 0 Å². The van der Waals surface area contributed by atoms with E-state index in [1.807, 2.05) is 16.8 Å². The summed E-state index contributed by atoms with van der Waals surface area (Å²) in [5, 5.41) is 3.84. The minimum absolute atomic E-state index is 0.0958. The zero-order valence-corrected chi connectivity index (χ0v) is 15.3. The van der Waals surface area contributed by atoms with Crippen LogP contribution in [0.15, 0.2) is 42.8 Å². The van der Waals surface area contributed by atoms with Gasteiger partial charge in [0.2, 0.25) is 10.0 Å². The second kappa shape index (κ2) is 6.15. The quantitative estimate of drug-likeness (QED) is 0.739. The molecule has 0 aliphatic carbocycles. The van der Waals surface area contributed by atoms with Crippen LogP contribution in [0.3, 0.4) is 0 Å². The van der Waals surface area contributed by atoms with Crippen molar-refractivity contribution in [1.29, 1.82) is 0 Å². The van der Waals surface area contributed by atoms with Gasteiger partial charge in [-0.1, -0.05) is 15.9 Å². The molecular formula is C12H12Br2N2O2S2. The Hall–Kier alpha value is -0.410. The van der Waals surface area contributed by atoms with Crippen molar-refractivity contribution in [2.24, 2.45) is 0 Å². The third-order valence-electron chi connectivity index (χ3n) is 2.69. The van der Waals surface area contributed by atoms with E-state index < -0.39 is 10.0 Å². The summed E-state index contributed by atoms with van der Waals surface area (Å²) in [6.45, 7) is 0.313. The lowest BCUT2D eigenvalue weighted by Gasteiger charge is -2.19. The molecule has 0 atom stereocenters. The van der Waals surface area contributed by atoms with E-state index in [1.54, 1.807) is 19.2 Å². The van der Waals surface area contributed by atoms with Crippen LogP contribution in [0.1, 0.15) is 5.56 Å². The number of thiophene rings is 1. The Morgan fingerprint density at radius 1 is 1.35 bits per heavy atom. The highest BCUT2D eigenvalue weighted by atomic mass is 79.9. The number of sulfonamides is 1. The Morgan fingerprint density at radius 2 is 2.05 bits per heavy atom. The highest BCUT2D eigenvalue weighted by molar-refractivity contribution is 9.11. The van der Waals surface area contributed by atoms with Crippen molar-refractivity contribution in [3.63, 3.8) is 0 Å².